The van der Waals surface area contributed by atoms with Gasteiger partial charge in [0.25, 0.3) is 0 Å². The largest absolute Gasteiger partial charge is 0.389 e. The summed E-state index contributed by atoms with van der Waals surface area (Å²) in [4.78, 5) is 9.58. The van der Waals surface area contributed by atoms with Crippen LogP contribution in [0.5, 0.6) is 0 Å². The van der Waals surface area contributed by atoms with E-state index in [0.29, 0.717) is 18.2 Å². The molecule has 8 heteroatoms. The maximum Gasteiger partial charge on any atom is 0.164 e. The second-order valence-electron chi connectivity index (χ2n) is 7.41. The maximum atomic E-state index is 13.2. The lowest BCUT2D eigenvalue weighted by Crippen LogP contribution is -2.05. The molecular weight excluding hydrogens is 461 g/mol. The summed E-state index contributed by atoms with van der Waals surface area (Å²) in [7, 11) is 1.87. The quantitative estimate of drug-likeness (QED) is 0.396. The molecule has 160 valence electrons. The topological polar surface area (TPSA) is 75.9 Å². The molecule has 1 unspecified atom stereocenters. The molecule has 2 aromatic heterocycles. The zero-order valence-electron chi connectivity index (χ0n) is 17.5. The summed E-state index contributed by atoms with van der Waals surface area (Å²) in [5.74, 6) is 0.977. The molecule has 0 saturated heterocycles. The zero-order chi connectivity index (χ0) is 22.1. The molecule has 0 fully saturated rings. The van der Waals surface area contributed by atoms with Crippen LogP contribution in [0.25, 0.3) is 22.4 Å². The number of nitrogens with one attached hydrogen (secondary N) is 1. The molecule has 31 heavy (non-hydrogen) atoms. The van der Waals surface area contributed by atoms with Gasteiger partial charge in [0.1, 0.15) is 11.6 Å². The highest BCUT2D eigenvalue weighted by atomic mass is 79.9. The monoisotopic (exact) mass is 483 g/mol. The van der Waals surface area contributed by atoms with E-state index in [2.05, 4.69) is 26.3 Å². The van der Waals surface area contributed by atoms with Crippen LogP contribution in [0.3, 0.4) is 0 Å². The van der Waals surface area contributed by atoms with Crippen LogP contribution < -0.4 is 5.32 Å². The number of benzene rings is 2. The molecule has 2 N–H and O–H groups in total. The van der Waals surface area contributed by atoms with Gasteiger partial charge in [-0.15, -0.1) is 0 Å². The van der Waals surface area contributed by atoms with E-state index in [4.69, 9.17) is 9.97 Å². The van der Waals surface area contributed by atoms with Crippen LogP contribution in [0.15, 0.2) is 46.9 Å². The second kappa shape index (κ2) is 8.72. The van der Waals surface area contributed by atoms with Crippen LogP contribution in [0.4, 0.5) is 10.2 Å². The Hall–Kier alpha value is -2.84. The molecule has 0 aliphatic carbocycles. The Balaban J connectivity index is 1.79. The molecule has 2 heterocycles. The molecule has 4 rings (SSSR count). The van der Waals surface area contributed by atoms with Crippen LogP contribution in [-0.2, 0) is 20.0 Å². The van der Waals surface area contributed by atoms with Crippen molar-refractivity contribution < 1.29 is 9.50 Å². The van der Waals surface area contributed by atoms with E-state index < -0.39 is 6.10 Å². The van der Waals surface area contributed by atoms with E-state index in [1.807, 2.05) is 32.2 Å². The first-order valence-corrected chi connectivity index (χ1v) is 10.9. The molecule has 1 atom stereocenters. The van der Waals surface area contributed by atoms with Crippen molar-refractivity contribution in [2.24, 2.45) is 7.05 Å². The second-order valence-corrected chi connectivity index (χ2v) is 8.26. The van der Waals surface area contributed by atoms with Crippen LogP contribution >= 0.6 is 15.9 Å². The molecule has 0 saturated carbocycles. The highest BCUT2D eigenvalue weighted by Gasteiger charge is 2.18. The third-order valence-electron chi connectivity index (χ3n) is 5.17. The molecule has 4 aromatic rings. The molecule has 0 aliphatic rings. The average Bonchev–Trinajstić information content (AvgIpc) is 3.08. The van der Waals surface area contributed by atoms with Crippen LogP contribution in [0.1, 0.15) is 36.8 Å². The van der Waals surface area contributed by atoms with Crippen molar-refractivity contribution in [2.45, 2.75) is 32.9 Å². The summed E-state index contributed by atoms with van der Waals surface area (Å²) in [5, 5.41) is 18.8. The van der Waals surface area contributed by atoms with Gasteiger partial charge in [-0.2, -0.15) is 5.10 Å². The van der Waals surface area contributed by atoms with Gasteiger partial charge in [-0.25, -0.2) is 19.0 Å². The third kappa shape index (κ3) is 4.31. The van der Waals surface area contributed by atoms with Crippen LogP contribution in [0.2, 0.25) is 0 Å². The Kier molecular flexibility index (Phi) is 6.02. The predicted molar refractivity (Wildman–Crippen MR) is 123 cm³/mol. The standard InChI is InChI=1S/C23H23BrFN5O/c1-4-19-20-22(26-12-14-5-8-16(25)9-6-14)27-21(28-23(20)30(3)29-19)15-7-10-17(13(2)31)18(24)11-15/h5-11,13,31H,4,12H2,1-3H3,(H,26,27,28). The first-order valence-electron chi connectivity index (χ1n) is 10.1. The van der Waals surface area contributed by atoms with E-state index >= 15 is 0 Å². The fraction of sp³-hybridized carbons (Fsp3) is 0.261. The fourth-order valence-electron chi connectivity index (χ4n) is 3.52. The Morgan fingerprint density at radius 1 is 1.16 bits per heavy atom. The average molecular weight is 484 g/mol. The summed E-state index contributed by atoms with van der Waals surface area (Å²) in [6.07, 6.45) is 0.170. The van der Waals surface area contributed by atoms with Gasteiger partial charge in [0, 0.05) is 23.6 Å². The van der Waals surface area contributed by atoms with Crippen molar-refractivity contribution in [3.8, 4) is 11.4 Å². The Morgan fingerprint density at radius 3 is 2.55 bits per heavy atom. The number of aliphatic hydroxyl groups excluding tert-OH is 1. The first kappa shape index (κ1) is 21.4. The lowest BCUT2D eigenvalue weighted by Gasteiger charge is -2.12. The van der Waals surface area contributed by atoms with Crippen molar-refractivity contribution in [3.63, 3.8) is 0 Å². The zero-order valence-corrected chi connectivity index (χ0v) is 19.1. The highest BCUT2D eigenvalue weighted by molar-refractivity contribution is 9.10. The third-order valence-corrected chi connectivity index (χ3v) is 5.86. The number of aryl methyl sites for hydroxylation is 2. The molecule has 0 bridgehead atoms. The molecular formula is C23H23BrFN5O. The summed E-state index contributed by atoms with van der Waals surface area (Å²) < 4.78 is 15.8. The number of anilines is 1. The van der Waals surface area contributed by atoms with Gasteiger partial charge in [0.2, 0.25) is 0 Å². The Bertz CT molecular complexity index is 1240. The van der Waals surface area contributed by atoms with Crippen LogP contribution in [0, 0.1) is 5.82 Å². The SMILES string of the molecule is CCc1nn(C)c2nc(-c3ccc(C(C)O)c(Br)c3)nc(NCc3ccc(F)cc3)c12. The number of nitrogens with zero attached hydrogens (tertiary/aromatic N) is 4. The van der Waals surface area contributed by atoms with Gasteiger partial charge >= 0.3 is 0 Å². The van der Waals surface area contributed by atoms with Crippen molar-refractivity contribution >= 4 is 32.8 Å². The summed E-state index contributed by atoms with van der Waals surface area (Å²) in [6.45, 7) is 4.27. The molecule has 0 aliphatic heterocycles. The van der Waals surface area contributed by atoms with Gasteiger partial charge < -0.3 is 10.4 Å². The molecule has 0 amide bonds. The van der Waals surface area contributed by atoms with Crippen molar-refractivity contribution in [3.05, 3.63) is 69.6 Å². The number of hydrogen-bond acceptors (Lipinski definition) is 5. The van der Waals surface area contributed by atoms with Crippen LogP contribution in [-0.4, -0.2) is 24.9 Å². The number of rotatable bonds is 6. The van der Waals surface area contributed by atoms with E-state index in [9.17, 15) is 9.50 Å². The Morgan fingerprint density at radius 2 is 1.90 bits per heavy atom. The van der Waals surface area contributed by atoms with Gasteiger partial charge in [0.15, 0.2) is 11.5 Å². The number of aliphatic hydroxyl groups is 1. The summed E-state index contributed by atoms with van der Waals surface area (Å²) >= 11 is 3.53. The number of fused-ring (bicyclic) bond motifs is 1. The minimum atomic E-state index is -0.580. The number of hydrogen-bond donors (Lipinski definition) is 2. The molecule has 0 radical (unpaired) electrons. The van der Waals surface area contributed by atoms with E-state index in [-0.39, 0.29) is 5.82 Å². The highest BCUT2D eigenvalue weighted by Crippen LogP contribution is 2.31. The summed E-state index contributed by atoms with van der Waals surface area (Å²) in [6, 6.07) is 12.1. The normalized spacial score (nSPS) is 12.3. The van der Waals surface area contributed by atoms with Crippen molar-refractivity contribution in [1.29, 1.82) is 0 Å². The molecule has 2 aromatic carbocycles. The van der Waals surface area contributed by atoms with Gasteiger partial charge in [-0.05, 0) is 42.7 Å². The fourth-order valence-corrected chi connectivity index (χ4v) is 4.23. The van der Waals surface area contributed by atoms with E-state index in [0.717, 1.165) is 44.3 Å². The van der Waals surface area contributed by atoms with Crippen molar-refractivity contribution in [2.75, 3.05) is 5.32 Å². The smallest absolute Gasteiger partial charge is 0.164 e. The number of halogens is 2. The lowest BCUT2D eigenvalue weighted by molar-refractivity contribution is 0.198. The van der Waals surface area contributed by atoms with Gasteiger partial charge in [0.05, 0.1) is 17.2 Å². The minimum Gasteiger partial charge on any atom is -0.389 e. The molecule has 0 spiro atoms. The van der Waals surface area contributed by atoms with Crippen molar-refractivity contribution in [1.82, 2.24) is 19.7 Å². The van der Waals surface area contributed by atoms with Gasteiger partial charge in [-0.1, -0.05) is 47.1 Å². The van der Waals surface area contributed by atoms with E-state index in [1.54, 1.807) is 23.7 Å². The first-order chi connectivity index (χ1) is 14.9. The molecule has 6 nitrogen and oxygen atoms in total. The van der Waals surface area contributed by atoms with E-state index in [1.165, 1.54) is 12.1 Å². The minimum absolute atomic E-state index is 0.262. The maximum absolute atomic E-state index is 13.2. The predicted octanol–water partition coefficient (Wildman–Crippen LogP) is 5.16. The van der Waals surface area contributed by atoms with Gasteiger partial charge in [-0.3, -0.25) is 0 Å². The lowest BCUT2D eigenvalue weighted by atomic mass is 10.1. The summed E-state index contributed by atoms with van der Waals surface area (Å²) in [5.41, 5.74) is 4.21. The Labute approximate surface area is 188 Å². The number of aromatic nitrogens is 4.